The lowest BCUT2D eigenvalue weighted by Crippen LogP contribution is -2.64. The van der Waals surface area contributed by atoms with E-state index in [1.807, 2.05) is 55.5 Å². The Labute approximate surface area is 204 Å². The Bertz CT molecular complexity index is 1370. The first-order valence-corrected chi connectivity index (χ1v) is 11.8. The van der Waals surface area contributed by atoms with Crippen LogP contribution in [-0.2, 0) is 24.3 Å². The number of hydrogen-bond acceptors (Lipinski definition) is 4. The van der Waals surface area contributed by atoms with Gasteiger partial charge in [-0.25, -0.2) is 0 Å². The van der Waals surface area contributed by atoms with Crippen LogP contribution in [0.3, 0.4) is 0 Å². The molecule has 3 heterocycles. The molecule has 7 nitrogen and oxygen atoms in total. The van der Waals surface area contributed by atoms with Crippen LogP contribution in [0.25, 0.3) is 11.5 Å². The van der Waals surface area contributed by atoms with Gasteiger partial charge in [-0.05, 0) is 61.2 Å². The Hall–Kier alpha value is -4.13. The monoisotopic (exact) mass is 468 g/mol. The smallest absolute Gasteiger partial charge is 0.277 e. The van der Waals surface area contributed by atoms with Crippen molar-refractivity contribution in [2.24, 2.45) is 0 Å². The van der Waals surface area contributed by atoms with Gasteiger partial charge in [0.05, 0.1) is 12.8 Å². The van der Waals surface area contributed by atoms with Crippen molar-refractivity contribution in [2.45, 2.75) is 45.8 Å². The summed E-state index contributed by atoms with van der Waals surface area (Å²) in [5.41, 5.74) is 3.76. The van der Waals surface area contributed by atoms with Crippen molar-refractivity contribution < 1.29 is 14.0 Å². The van der Waals surface area contributed by atoms with Crippen molar-refractivity contribution in [3.05, 3.63) is 95.4 Å². The molecule has 1 atom stereocenters. The van der Waals surface area contributed by atoms with Crippen LogP contribution in [0.4, 0.5) is 5.69 Å². The van der Waals surface area contributed by atoms with Gasteiger partial charge in [-0.3, -0.25) is 19.2 Å². The molecule has 0 bridgehead atoms. The quantitative estimate of drug-likeness (QED) is 0.443. The minimum atomic E-state index is -1.19. The van der Waals surface area contributed by atoms with Gasteiger partial charge in [0.1, 0.15) is 16.9 Å². The summed E-state index contributed by atoms with van der Waals surface area (Å²) in [5.74, 6) is 0.0537. The zero-order valence-electron chi connectivity index (χ0n) is 20.1. The third-order valence-corrected chi connectivity index (χ3v) is 6.72. The molecule has 178 valence electrons. The normalized spacial score (nSPS) is 17.3. The van der Waals surface area contributed by atoms with Crippen molar-refractivity contribution in [3.63, 3.8) is 0 Å². The van der Waals surface area contributed by atoms with E-state index >= 15 is 0 Å². The van der Waals surface area contributed by atoms with Crippen molar-refractivity contribution in [3.8, 4) is 11.5 Å². The molecular formula is C28H28N4O3. The summed E-state index contributed by atoms with van der Waals surface area (Å²) in [7, 11) is 0. The summed E-state index contributed by atoms with van der Waals surface area (Å²) >= 11 is 0. The summed E-state index contributed by atoms with van der Waals surface area (Å²) in [6, 6.07) is 21.0. The maximum Gasteiger partial charge on any atom is 0.277 e. The second kappa shape index (κ2) is 8.91. The largest absolute Gasteiger partial charge is 0.463 e. The number of aryl methyl sites for hydroxylation is 2. The minimum Gasteiger partial charge on any atom is -0.463 e. The van der Waals surface area contributed by atoms with Crippen LogP contribution in [0.2, 0.25) is 0 Å². The van der Waals surface area contributed by atoms with Gasteiger partial charge in [-0.1, -0.05) is 43.3 Å². The molecule has 0 saturated heterocycles. The van der Waals surface area contributed by atoms with Gasteiger partial charge in [-0.2, -0.15) is 5.10 Å². The van der Waals surface area contributed by atoms with Gasteiger partial charge >= 0.3 is 0 Å². The first-order chi connectivity index (χ1) is 16.9. The maximum absolute atomic E-state index is 13.9. The number of hydrogen-bond donors (Lipinski definition) is 1. The first-order valence-electron chi connectivity index (χ1n) is 11.8. The van der Waals surface area contributed by atoms with Crippen molar-refractivity contribution in [2.75, 3.05) is 4.90 Å². The molecule has 0 unspecified atom stereocenters. The zero-order valence-corrected chi connectivity index (χ0v) is 20.1. The number of nitrogens with zero attached hydrogens (tertiary/aromatic N) is 3. The molecule has 2 aromatic heterocycles. The van der Waals surface area contributed by atoms with E-state index in [-0.39, 0.29) is 18.4 Å². The molecule has 0 aliphatic carbocycles. The van der Waals surface area contributed by atoms with Crippen LogP contribution in [0.1, 0.15) is 41.0 Å². The van der Waals surface area contributed by atoms with E-state index in [0.717, 1.165) is 23.1 Å². The van der Waals surface area contributed by atoms with Gasteiger partial charge < -0.3 is 9.73 Å². The van der Waals surface area contributed by atoms with E-state index in [0.29, 0.717) is 29.4 Å². The Morgan fingerprint density at radius 2 is 1.89 bits per heavy atom. The topological polar surface area (TPSA) is 80.4 Å². The van der Waals surface area contributed by atoms with Gasteiger partial charge in [0.15, 0.2) is 5.76 Å². The Morgan fingerprint density at radius 1 is 1.11 bits per heavy atom. The molecule has 1 aliphatic heterocycles. The van der Waals surface area contributed by atoms with Crippen molar-refractivity contribution >= 4 is 17.5 Å². The van der Waals surface area contributed by atoms with E-state index in [1.165, 1.54) is 0 Å². The highest BCUT2D eigenvalue weighted by atomic mass is 16.3. The molecule has 2 amide bonds. The average Bonchev–Trinajstić information content (AvgIpc) is 3.54. The van der Waals surface area contributed by atoms with E-state index in [4.69, 9.17) is 4.42 Å². The van der Waals surface area contributed by atoms with Gasteiger partial charge in [-0.15, -0.1) is 0 Å². The number of carbonyl (C=O) groups excluding carboxylic acids is 2. The first kappa shape index (κ1) is 22.7. The number of carbonyl (C=O) groups is 2. The summed E-state index contributed by atoms with van der Waals surface area (Å²) < 4.78 is 7.10. The Kier molecular flexibility index (Phi) is 5.76. The van der Waals surface area contributed by atoms with Gasteiger partial charge in [0.2, 0.25) is 5.91 Å². The third-order valence-electron chi connectivity index (χ3n) is 6.72. The fourth-order valence-electron chi connectivity index (χ4n) is 4.59. The molecule has 35 heavy (non-hydrogen) atoms. The van der Waals surface area contributed by atoms with Crippen LogP contribution < -0.4 is 10.2 Å². The minimum absolute atomic E-state index is 0.212. The molecule has 1 aliphatic rings. The summed E-state index contributed by atoms with van der Waals surface area (Å²) in [5, 5.41) is 7.67. The standard InChI is InChI=1S/C28H28N4O3/c1-4-20-11-13-22(14-12-20)32-26(33)24-16-23(25-10-7-15-35-25)30-31(24)18-28(32,3)27(34)29-17-21-9-6-5-8-19(21)2/h5-16H,4,17-18H2,1-3H3,(H,29,34)/t28-/m0/s1. The molecule has 0 saturated carbocycles. The van der Waals surface area contributed by atoms with Gasteiger partial charge in [0, 0.05) is 18.3 Å². The van der Waals surface area contributed by atoms with Crippen LogP contribution in [0.5, 0.6) is 0 Å². The van der Waals surface area contributed by atoms with E-state index in [1.54, 1.807) is 41.0 Å². The third kappa shape index (κ3) is 4.03. The number of rotatable bonds is 6. The molecule has 4 aromatic rings. The Morgan fingerprint density at radius 3 is 2.57 bits per heavy atom. The van der Waals surface area contributed by atoms with Crippen LogP contribution in [-0.4, -0.2) is 27.1 Å². The molecule has 0 spiro atoms. The number of nitrogens with one attached hydrogen (secondary N) is 1. The number of anilines is 1. The molecule has 0 fully saturated rings. The van der Waals surface area contributed by atoms with Gasteiger partial charge in [0.25, 0.3) is 5.91 Å². The highest BCUT2D eigenvalue weighted by molar-refractivity contribution is 6.12. The number of amides is 2. The fourth-order valence-corrected chi connectivity index (χ4v) is 4.59. The Balaban J connectivity index is 1.53. The lowest BCUT2D eigenvalue weighted by atomic mass is 9.93. The molecular weight excluding hydrogens is 440 g/mol. The van der Waals surface area contributed by atoms with Crippen LogP contribution in [0.15, 0.2) is 77.4 Å². The average molecular weight is 469 g/mol. The lowest BCUT2D eigenvalue weighted by molar-refractivity contribution is -0.126. The highest BCUT2D eigenvalue weighted by Gasteiger charge is 2.49. The lowest BCUT2D eigenvalue weighted by Gasteiger charge is -2.43. The van der Waals surface area contributed by atoms with Crippen LogP contribution >= 0.6 is 0 Å². The van der Waals surface area contributed by atoms with Crippen LogP contribution in [0, 0.1) is 6.92 Å². The van der Waals surface area contributed by atoms with Crippen molar-refractivity contribution in [1.29, 1.82) is 0 Å². The van der Waals surface area contributed by atoms with E-state index < -0.39 is 5.54 Å². The maximum atomic E-state index is 13.9. The summed E-state index contributed by atoms with van der Waals surface area (Å²) in [6.07, 6.45) is 2.46. The molecule has 7 heteroatoms. The molecule has 2 aromatic carbocycles. The second-order valence-electron chi connectivity index (χ2n) is 9.09. The summed E-state index contributed by atoms with van der Waals surface area (Å²) in [6.45, 7) is 6.48. The number of benzene rings is 2. The number of fused-ring (bicyclic) bond motifs is 1. The SMILES string of the molecule is CCc1ccc(N2C(=O)c3cc(-c4ccco4)nn3C[C@@]2(C)C(=O)NCc2ccccc2C)cc1. The van der Waals surface area contributed by atoms with E-state index in [9.17, 15) is 9.59 Å². The number of furan rings is 1. The molecule has 1 N–H and O–H groups in total. The fraction of sp³-hybridized carbons (Fsp3) is 0.250. The number of aromatic nitrogens is 2. The highest BCUT2D eigenvalue weighted by Crippen LogP contribution is 2.34. The van der Waals surface area contributed by atoms with Crippen molar-refractivity contribution in [1.82, 2.24) is 15.1 Å². The predicted molar refractivity (Wildman–Crippen MR) is 134 cm³/mol. The predicted octanol–water partition coefficient (Wildman–Crippen LogP) is 4.75. The summed E-state index contributed by atoms with van der Waals surface area (Å²) in [4.78, 5) is 29.2. The second-order valence-corrected chi connectivity index (χ2v) is 9.09. The molecule has 5 rings (SSSR count). The molecule has 0 radical (unpaired) electrons. The zero-order chi connectivity index (χ0) is 24.6. The van der Waals surface area contributed by atoms with E-state index in [2.05, 4.69) is 17.3 Å².